The van der Waals surface area contributed by atoms with Crippen LogP contribution >= 0.6 is 23.1 Å². The molecule has 1 fully saturated rings. The van der Waals surface area contributed by atoms with Gasteiger partial charge in [0.2, 0.25) is 5.91 Å². The van der Waals surface area contributed by atoms with E-state index < -0.39 is 18.0 Å². The number of carbonyl (C=O) groups excluding carboxylic acids is 1. The van der Waals surface area contributed by atoms with Gasteiger partial charge in [-0.25, -0.2) is 9.78 Å². The zero-order valence-corrected chi connectivity index (χ0v) is 20.6. The molecule has 1 amide bonds. The normalized spacial score (nSPS) is 27.9. The highest BCUT2D eigenvalue weighted by molar-refractivity contribution is 8.04. The Morgan fingerprint density at radius 1 is 1.48 bits per heavy atom. The van der Waals surface area contributed by atoms with Gasteiger partial charge < -0.3 is 24.7 Å². The van der Waals surface area contributed by atoms with Gasteiger partial charge in [0, 0.05) is 29.9 Å². The van der Waals surface area contributed by atoms with Crippen LogP contribution < -0.4 is 0 Å². The SMILES string of the molecule is COCC1CC(c2csc(SC3=C(C(=O)O)N4C(=O)C(C(C)O)C4C3C)n2)=CCN1C(C)=N. The summed E-state index contributed by atoms with van der Waals surface area (Å²) in [5.74, 6) is -1.75. The molecule has 3 N–H and O–H groups in total. The largest absolute Gasteiger partial charge is 0.477 e. The second-order valence-electron chi connectivity index (χ2n) is 8.65. The first-order chi connectivity index (χ1) is 15.6. The number of rotatable bonds is 7. The van der Waals surface area contributed by atoms with Crippen LogP contribution in [-0.4, -0.2) is 81.2 Å². The number of amides is 1. The van der Waals surface area contributed by atoms with Gasteiger partial charge in [0.25, 0.3) is 0 Å². The number of methoxy groups -OCH3 is 1. The van der Waals surface area contributed by atoms with E-state index in [1.54, 1.807) is 21.0 Å². The van der Waals surface area contributed by atoms with Crippen LogP contribution in [0.25, 0.3) is 5.57 Å². The maximum Gasteiger partial charge on any atom is 0.353 e. The highest BCUT2D eigenvalue weighted by Gasteiger charge is 2.60. The smallest absolute Gasteiger partial charge is 0.353 e. The first-order valence-electron chi connectivity index (χ1n) is 10.8. The Morgan fingerprint density at radius 3 is 2.82 bits per heavy atom. The van der Waals surface area contributed by atoms with E-state index in [4.69, 9.17) is 15.1 Å². The van der Waals surface area contributed by atoms with Gasteiger partial charge >= 0.3 is 5.97 Å². The Labute approximate surface area is 200 Å². The van der Waals surface area contributed by atoms with Crippen LogP contribution in [0.4, 0.5) is 0 Å². The number of aliphatic hydroxyl groups is 1. The lowest BCUT2D eigenvalue weighted by Crippen LogP contribution is -2.63. The molecule has 11 heteroatoms. The molecule has 178 valence electrons. The number of nitrogens with zero attached hydrogens (tertiary/aromatic N) is 3. The number of aromatic nitrogens is 1. The van der Waals surface area contributed by atoms with Crippen molar-refractivity contribution in [3.63, 3.8) is 0 Å². The molecule has 0 aliphatic carbocycles. The monoisotopic (exact) mass is 492 g/mol. The minimum Gasteiger partial charge on any atom is -0.477 e. The van der Waals surface area contributed by atoms with Crippen molar-refractivity contribution in [1.82, 2.24) is 14.8 Å². The predicted molar refractivity (Wildman–Crippen MR) is 126 cm³/mol. The number of nitrogens with one attached hydrogen (secondary N) is 1. The summed E-state index contributed by atoms with van der Waals surface area (Å²) in [6.45, 7) is 6.37. The van der Waals surface area contributed by atoms with Crippen LogP contribution in [-0.2, 0) is 14.3 Å². The standard InChI is InChI=1S/C22H28N4O5S2/c1-10-17-16(11(2)27)20(28)26(17)18(21(29)30)19(10)33-22-24-15(9-32-22)13-5-6-25(12(3)23)14(7-13)8-31-4/h5,9-11,14,16-17,23,27H,6-8H2,1-4H3,(H,29,30). The summed E-state index contributed by atoms with van der Waals surface area (Å²) in [6.07, 6.45) is 1.96. The summed E-state index contributed by atoms with van der Waals surface area (Å²) < 4.78 is 6.06. The first kappa shape index (κ1) is 23.9. The number of fused-ring (bicyclic) bond motifs is 1. The first-order valence-corrected chi connectivity index (χ1v) is 12.5. The van der Waals surface area contributed by atoms with E-state index in [1.165, 1.54) is 28.0 Å². The van der Waals surface area contributed by atoms with Crippen LogP contribution in [0.2, 0.25) is 0 Å². The summed E-state index contributed by atoms with van der Waals surface area (Å²) in [4.78, 5) is 33.2. The van der Waals surface area contributed by atoms with Crippen molar-refractivity contribution in [2.45, 2.75) is 49.7 Å². The van der Waals surface area contributed by atoms with Crippen molar-refractivity contribution < 1.29 is 24.5 Å². The van der Waals surface area contributed by atoms with Gasteiger partial charge in [0.1, 0.15) is 5.70 Å². The second kappa shape index (κ2) is 9.21. The van der Waals surface area contributed by atoms with Gasteiger partial charge in [0.05, 0.1) is 42.2 Å². The van der Waals surface area contributed by atoms with Crippen LogP contribution in [0.5, 0.6) is 0 Å². The number of aliphatic carboxylic acids is 1. The number of carbonyl (C=O) groups is 2. The highest BCUT2D eigenvalue weighted by atomic mass is 32.2. The van der Waals surface area contributed by atoms with Gasteiger partial charge in [-0.15, -0.1) is 11.3 Å². The zero-order chi connectivity index (χ0) is 24.0. The van der Waals surface area contributed by atoms with Gasteiger partial charge in [-0.05, 0) is 25.8 Å². The quantitative estimate of drug-likeness (QED) is 0.301. The average molecular weight is 493 g/mol. The fraction of sp³-hybridized carbons (Fsp3) is 0.545. The van der Waals surface area contributed by atoms with Crippen LogP contribution in [0, 0.1) is 17.2 Å². The third kappa shape index (κ3) is 4.11. The van der Waals surface area contributed by atoms with Crippen molar-refractivity contribution in [2.24, 2.45) is 11.8 Å². The molecule has 1 aromatic heterocycles. The highest BCUT2D eigenvalue weighted by Crippen LogP contribution is 2.52. The predicted octanol–water partition coefficient (Wildman–Crippen LogP) is 2.49. The number of amidine groups is 1. The topological polar surface area (TPSA) is 127 Å². The summed E-state index contributed by atoms with van der Waals surface area (Å²) in [6, 6.07) is -0.273. The summed E-state index contributed by atoms with van der Waals surface area (Å²) >= 11 is 2.74. The third-order valence-corrected chi connectivity index (χ3v) is 8.76. The maximum absolute atomic E-state index is 12.5. The van der Waals surface area contributed by atoms with Crippen LogP contribution in [0.15, 0.2) is 26.4 Å². The van der Waals surface area contributed by atoms with Crippen molar-refractivity contribution >= 4 is 46.4 Å². The molecule has 1 saturated heterocycles. The number of β-lactam (4-membered cyclic amide) rings is 1. The Kier molecular flexibility index (Phi) is 6.68. The van der Waals surface area contributed by atoms with E-state index >= 15 is 0 Å². The molecule has 1 aromatic rings. The van der Waals surface area contributed by atoms with E-state index in [0.29, 0.717) is 34.7 Å². The van der Waals surface area contributed by atoms with E-state index in [9.17, 15) is 19.8 Å². The molecule has 3 aliphatic heterocycles. The average Bonchev–Trinajstić information content (AvgIpc) is 3.30. The lowest BCUT2D eigenvalue weighted by atomic mass is 9.79. The Morgan fingerprint density at radius 2 is 2.21 bits per heavy atom. The lowest BCUT2D eigenvalue weighted by molar-refractivity contribution is -0.163. The zero-order valence-electron chi connectivity index (χ0n) is 18.9. The molecule has 5 atom stereocenters. The minimum absolute atomic E-state index is 0.00490. The summed E-state index contributed by atoms with van der Waals surface area (Å²) in [5, 5.41) is 29.8. The van der Waals surface area contributed by atoms with Crippen molar-refractivity contribution in [3.8, 4) is 0 Å². The number of thioether (sulfide) groups is 1. The minimum atomic E-state index is -1.14. The lowest BCUT2D eigenvalue weighted by Gasteiger charge is -2.46. The van der Waals surface area contributed by atoms with Crippen molar-refractivity contribution in [3.05, 3.63) is 27.8 Å². The summed E-state index contributed by atoms with van der Waals surface area (Å²) in [7, 11) is 1.65. The molecule has 0 radical (unpaired) electrons. The maximum atomic E-state index is 12.5. The van der Waals surface area contributed by atoms with Gasteiger partial charge in [-0.3, -0.25) is 10.2 Å². The van der Waals surface area contributed by atoms with Gasteiger partial charge in [-0.1, -0.05) is 24.8 Å². The van der Waals surface area contributed by atoms with E-state index in [0.717, 1.165) is 11.3 Å². The Hall–Kier alpha value is -2.21. The number of carboxylic acid groups (broad SMARTS) is 1. The molecule has 5 unspecified atom stereocenters. The molecule has 0 spiro atoms. The molecular formula is C22H28N4O5S2. The fourth-order valence-electron chi connectivity index (χ4n) is 4.97. The van der Waals surface area contributed by atoms with Gasteiger partial charge in [0.15, 0.2) is 4.34 Å². The molecule has 3 aliphatic rings. The van der Waals surface area contributed by atoms with E-state index in [2.05, 4.69) is 6.08 Å². The third-order valence-electron chi connectivity index (χ3n) is 6.54. The number of hydrogen-bond acceptors (Lipinski definition) is 8. The Bertz CT molecular complexity index is 1050. The number of thiazole rings is 1. The fourth-order valence-corrected chi connectivity index (χ4v) is 7.08. The molecule has 0 bridgehead atoms. The molecule has 0 aromatic carbocycles. The van der Waals surface area contributed by atoms with Crippen LogP contribution in [0.3, 0.4) is 0 Å². The molecule has 4 rings (SSSR count). The van der Waals surface area contributed by atoms with Crippen LogP contribution in [0.1, 0.15) is 32.9 Å². The van der Waals surface area contributed by atoms with Gasteiger partial charge in [-0.2, -0.15) is 0 Å². The van der Waals surface area contributed by atoms with E-state index in [-0.39, 0.29) is 29.6 Å². The van der Waals surface area contributed by atoms with E-state index in [1.807, 2.05) is 17.2 Å². The van der Waals surface area contributed by atoms with Crippen molar-refractivity contribution in [2.75, 3.05) is 20.3 Å². The molecule has 33 heavy (non-hydrogen) atoms. The number of carboxylic acids is 1. The second-order valence-corrected chi connectivity index (χ2v) is 10.8. The molecule has 4 heterocycles. The molecule has 9 nitrogen and oxygen atoms in total. The Balaban J connectivity index is 1.56. The summed E-state index contributed by atoms with van der Waals surface area (Å²) in [5.41, 5.74) is 1.93. The van der Waals surface area contributed by atoms with Crippen molar-refractivity contribution in [1.29, 1.82) is 5.41 Å². The number of hydrogen-bond donors (Lipinski definition) is 3. The number of aliphatic hydroxyl groups excluding tert-OH is 1. The number of ether oxygens (including phenoxy) is 1. The molecular weight excluding hydrogens is 464 g/mol. The molecule has 0 saturated carbocycles.